The second-order valence-corrected chi connectivity index (χ2v) is 7.54. The largest absolute Gasteiger partial charge is 0.508 e. The number of amides is 1. The minimum atomic E-state index is -0.823. The zero-order valence-electron chi connectivity index (χ0n) is 16.8. The number of aromatic hydroxyl groups is 1. The molecular formula is C23H23NO6. The highest BCUT2D eigenvalue weighted by Crippen LogP contribution is 2.41. The second-order valence-electron chi connectivity index (χ2n) is 7.54. The van der Waals surface area contributed by atoms with Crippen LogP contribution in [-0.2, 0) is 20.7 Å². The fraction of sp³-hybridized carbons (Fsp3) is 0.304. The van der Waals surface area contributed by atoms with Gasteiger partial charge in [-0.2, -0.15) is 0 Å². The number of ketones is 1. The third-order valence-electron chi connectivity index (χ3n) is 5.43. The number of hydrogen-bond acceptors (Lipinski definition) is 6. The summed E-state index contributed by atoms with van der Waals surface area (Å²) in [4.78, 5) is 27.0. The molecule has 0 aromatic heterocycles. The summed E-state index contributed by atoms with van der Waals surface area (Å²) in [5, 5.41) is 21.0. The third kappa shape index (κ3) is 3.41. The Morgan fingerprint density at radius 3 is 2.77 bits per heavy atom. The van der Waals surface area contributed by atoms with Crippen molar-refractivity contribution in [1.29, 1.82) is 0 Å². The molecule has 0 spiro atoms. The number of phenols is 1. The topological polar surface area (TPSA) is 96.3 Å². The quantitative estimate of drug-likeness (QED) is 0.448. The summed E-state index contributed by atoms with van der Waals surface area (Å²) in [5.41, 5.74) is 1.91. The molecule has 7 heteroatoms. The van der Waals surface area contributed by atoms with E-state index in [1.54, 1.807) is 30.3 Å². The van der Waals surface area contributed by atoms with Gasteiger partial charge in [-0.25, -0.2) is 0 Å². The Hall–Kier alpha value is -3.32. The monoisotopic (exact) mass is 409 g/mol. The number of rotatable bonds is 5. The molecule has 1 saturated heterocycles. The highest BCUT2D eigenvalue weighted by atomic mass is 16.5. The van der Waals surface area contributed by atoms with Gasteiger partial charge in [0.25, 0.3) is 11.7 Å². The van der Waals surface area contributed by atoms with Crippen LogP contribution in [0.4, 0.5) is 0 Å². The number of ether oxygens (including phenoxy) is 2. The Bertz CT molecular complexity index is 1040. The first-order valence-corrected chi connectivity index (χ1v) is 9.77. The van der Waals surface area contributed by atoms with Gasteiger partial charge in [-0.05, 0) is 48.4 Å². The molecule has 156 valence electrons. The molecule has 1 amide bonds. The van der Waals surface area contributed by atoms with E-state index in [1.807, 2.05) is 6.92 Å². The molecule has 4 rings (SSSR count). The number of hydrogen-bond donors (Lipinski definition) is 2. The number of methoxy groups -OCH3 is 1. The Balaban J connectivity index is 1.83. The van der Waals surface area contributed by atoms with E-state index in [4.69, 9.17) is 9.47 Å². The zero-order valence-corrected chi connectivity index (χ0v) is 16.8. The van der Waals surface area contributed by atoms with Gasteiger partial charge in [0.15, 0.2) is 0 Å². The van der Waals surface area contributed by atoms with Crippen LogP contribution in [0.2, 0.25) is 0 Å². The van der Waals surface area contributed by atoms with E-state index in [2.05, 4.69) is 0 Å². The lowest BCUT2D eigenvalue weighted by Gasteiger charge is -2.25. The number of likely N-dealkylation sites (tertiary alicyclic amines) is 1. The van der Waals surface area contributed by atoms with E-state index in [-0.39, 0.29) is 36.3 Å². The first-order valence-electron chi connectivity index (χ1n) is 9.77. The number of aliphatic hydroxyl groups excluding tert-OH is 1. The fourth-order valence-corrected chi connectivity index (χ4v) is 4.07. The summed E-state index contributed by atoms with van der Waals surface area (Å²) < 4.78 is 10.8. The first kappa shape index (κ1) is 20.0. The summed E-state index contributed by atoms with van der Waals surface area (Å²) in [6.07, 6.45) is 0.749. The molecule has 2 heterocycles. The predicted octanol–water partition coefficient (Wildman–Crippen LogP) is 2.78. The van der Waals surface area contributed by atoms with Gasteiger partial charge in [0, 0.05) is 25.6 Å². The highest BCUT2D eigenvalue weighted by molar-refractivity contribution is 6.46. The number of fused-ring (bicyclic) bond motifs is 1. The number of Topliss-reactive ketones (excluding diaryl/α,β-unsaturated/α-hetero) is 1. The molecule has 0 radical (unpaired) electrons. The summed E-state index contributed by atoms with van der Waals surface area (Å²) in [6, 6.07) is 10.7. The Morgan fingerprint density at radius 2 is 2.03 bits per heavy atom. The maximum atomic E-state index is 12.9. The first-order chi connectivity index (χ1) is 14.4. The van der Waals surface area contributed by atoms with Gasteiger partial charge >= 0.3 is 0 Å². The molecular weight excluding hydrogens is 386 g/mol. The molecule has 2 aromatic rings. The van der Waals surface area contributed by atoms with Crippen LogP contribution < -0.4 is 4.74 Å². The van der Waals surface area contributed by atoms with Crippen molar-refractivity contribution in [2.75, 3.05) is 20.3 Å². The van der Waals surface area contributed by atoms with Gasteiger partial charge in [0.05, 0.1) is 18.2 Å². The Kier molecular flexibility index (Phi) is 5.22. The lowest BCUT2D eigenvalue weighted by atomic mass is 9.94. The molecule has 0 unspecified atom stereocenters. The number of carbonyl (C=O) groups is 2. The average molecular weight is 409 g/mol. The molecule has 7 nitrogen and oxygen atoms in total. The van der Waals surface area contributed by atoms with Crippen LogP contribution in [-0.4, -0.2) is 53.2 Å². The molecule has 0 saturated carbocycles. The number of carbonyl (C=O) groups excluding carboxylic acids is 2. The van der Waals surface area contributed by atoms with Crippen LogP contribution in [0.5, 0.6) is 11.5 Å². The summed E-state index contributed by atoms with van der Waals surface area (Å²) in [7, 11) is 1.51. The SMILES string of the molecule is COCCN1C(=O)C(=O)/C(=C(/O)c2ccc3c(c2)C[C@H](C)O3)[C@H]1c1cccc(O)c1. The van der Waals surface area contributed by atoms with Gasteiger partial charge in [-0.1, -0.05) is 12.1 Å². The summed E-state index contributed by atoms with van der Waals surface area (Å²) in [6.45, 7) is 2.37. The van der Waals surface area contributed by atoms with E-state index in [9.17, 15) is 19.8 Å². The van der Waals surface area contributed by atoms with E-state index < -0.39 is 17.7 Å². The number of nitrogens with zero attached hydrogens (tertiary/aromatic N) is 1. The van der Waals surface area contributed by atoms with Crippen molar-refractivity contribution < 1.29 is 29.3 Å². The van der Waals surface area contributed by atoms with E-state index in [0.717, 1.165) is 11.3 Å². The van der Waals surface area contributed by atoms with Crippen molar-refractivity contribution in [2.24, 2.45) is 0 Å². The molecule has 1 fully saturated rings. The number of benzene rings is 2. The van der Waals surface area contributed by atoms with Crippen molar-refractivity contribution in [2.45, 2.75) is 25.5 Å². The maximum Gasteiger partial charge on any atom is 0.295 e. The predicted molar refractivity (Wildman–Crippen MR) is 109 cm³/mol. The van der Waals surface area contributed by atoms with Crippen molar-refractivity contribution in [3.8, 4) is 11.5 Å². The fourth-order valence-electron chi connectivity index (χ4n) is 4.07. The van der Waals surface area contributed by atoms with Crippen molar-refractivity contribution in [3.05, 3.63) is 64.7 Å². The van der Waals surface area contributed by atoms with Crippen LogP contribution in [0.3, 0.4) is 0 Å². The zero-order chi connectivity index (χ0) is 21.4. The van der Waals surface area contributed by atoms with Crippen molar-refractivity contribution >= 4 is 17.4 Å². The smallest absolute Gasteiger partial charge is 0.295 e. The minimum absolute atomic E-state index is 0.00591. The standard InChI is InChI=1S/C23H23NO6/c1-13-10-16-11-15(6-7-18(16)30-13)21(26)19-20(14-4-3-5-17(25)12-14)24(8-9-29-2)23(28)22(19)27/h3-7,11-13,20,25-26H,8-10H2,1-2H3/b21-19+/t13-,20+/m0/s1. The molecule has 0 bridgehead atoms. The lowest BCUT2D eigenvalue weighted by molar-refractivity contribution is -0.140. The van der Waals surface area contributed by atoms with Gasteiger partial charge in [-0.15, -0.1) is 0 Å². The molecule has 2 atom stereocenters. The summed E-state index contributed by atoms with van der Waals surface area (Å²) in [5.74, 6) is -0.955. The minimum Gasteiger partial charge on any atom is -0.508 e. The average Bonchev–Trinajstić information content (AvgIpc) is 3.22. The maximum absolute atomic E-state index is 12.9. The van der Waals surface area contributed by atoms with Crippen molar-refractivity contribution in [3.63, 3.8) is 0 Å². The molecule has 2 N–H and O–H groups in total. The normalized spacial score (nSPS) is 22.3. The number of aliphatic hydroxyl groups is 1. The Labute approximate surface area is 174 Å². The molecule has 2 aliphatic rings. The second kappa shape index (κ2) is 7.84. The number of phenolic OH excluding ortho intramolecular Hbond substituents is 1. The van der Waals surface area contributed by atoms with Crippen LogP contribution in [0.15, 0.2) is 48.0 Å². The van der Waals surface area contributed by atoms with E-state index in [1.165, 1.54) is 24.1 Å². The molecule has 0 aliphatic carbocycles. The van der Waals surface area contributed by atoms with Crippen LogP contribution >= 0.6 is 0 Å². The Morgan fingerprint density at radius 1 is 1.23 bits per heavy atom. The van der Waals surface area contributed by atoms with Gasteiger partial charge in [0.1, 0.15) is 23.4 Å². The molecule has 2 aromatic carbocycles. The van der Waals surface area contributed by atoms with Gasteiger partial charge < -0.3 is 24.6 Å². The van der Waals surface area contributed by atoms with Crippen molar-refractivity contribution in [1.82, 2.24) is 4.90 Å². The molecule has 30 heavy (non-hydrogen) atoms. The highest BCUT2D eigenvalue weighted by Gasteiger charge is 2.46. The van der Waals surface area contributed by atoms with Crippen LogP contribution in [0.25, 0.3) is 5.76 Å². The van der Waals surface area contributed by atoms with Gasteiger partial charge in [0.2, 0.25) is 0 Å². The van der Waals surface area contributed by atoms with Gasteiger partial charge in [-0.3, -0.25) is 9.59 Å². The lowest BCUT2D eigenvalue weighted by Crippen LogP contribution is -2.32. The summed E-state index contributed by atoms with van der Waals surface area (Å²) >= 11 is 0. The van der Waals surface area contributed by atoms with E-state index >= 15 is 0 Å². The van der Waals surface area contributed by atoms with Crippen LogP contribution in [0.1, 0.15) is 29.7 Å². The van der Waals surface area contributed by atoms with E-state index in [0.29, 0.717) is 17.5 Å². The third-order valence-corrected chi connectivity index (χ3v) is 5.43. The molecule has 2 aliphatic heterocycles. The van der Waals surface area contributed by atoms with Crippen LogP contribution in [0, 0.1) is 0 Å².